The third-order valence-corrected chi connectivity index (χ3v) is 6.66. The minimum Gasteiger partial charge on any atom is -0.493 e. The quantitative estimate of drug-likeness (QED) is 0.576. The fourth-order valence-electron chi connectivity index (χ4n) is 4.50. The SMILES string of the molecule is CC(C)(C)OC(=O)N1C[C@H]2[C@H](COc3ccc(F)cc3)[C@@]2(c2ccc(Cl)c(Cl)c2)C1. The smallest absolute Gasteiger partial charge is 0.410 e. The molecule has 1 aliphatic heterocycles. The molecule has 0 N–H and O–H groups in total. The fraction of sp³-hybridized carbons (Fsp3) is 0.435. The first-order valence-electron chi connectivity index (χ1n) is 9.92. The third kappa shape index (κ3) is 3.97. The summed E-state index contributed by atoms with van der Waals surface area (Å²) in [7, 11) is 0. The number of hydrogen-bond acceptors (Lipinski definition) is 3. The molecule has 160 valence electrons. The molecule has 2 aliphatic rings. The number of rotatable bonds is 4. The van der Waals surface area contributed by atoms with E-state index >= 15 is 0 Å². The van der Waals surface area contributed by atoms with E-state index < -0.39 is 5.60 Å². The maximum Gasteiger partial charge on any atom is 0.410 e. The summed E-state index contributed by atoms with van der Waals surface area (Å²) in [6.07, 6.45) is -0.313. The minimum atomic E-state index is -0.550. The van der Waals surface area contributed by atoms with E-state index in [0.717, 1.165) is 5.56 Å². The number of amides is 1. The van der Waals surface area contributed by atoms with Crippen LogP contribution in [0.5, 0.6) is 5.75 Å². The second kappa shape index (κ2) is 7.61. The number of nitrogens with zero attached hydrogens (tertiary/aromatic N) is 1. The van der Waals surface area contributed by atoms with Gasteiger partial charge in [-0.25, -0.2) is 9.18 Å². The van der Waals surface area contributed by atoms with E-state index in [0.29, 0.717) is 35.5 Å². The highest BCUT2D eigenvalue weighted by Gasteiger charge is 2.70. The molecule has 7 heteroatoms. The van der Waals surface area contributed by atoms with Gasteiger partial charge in [-0.3, -0.25) is 0 Å². The molecule has 0 aromatic heterocycles. The van der Waals surface area contributed by atoms with Crippen molar-refractivity contribution in [2.75, 3.05) is 19.7 Å². The Morgan fingerprint density at radius 3 is 2.50 bits per heavy atom. The van der Waals surface area contributed by atoms with Crippen LogP contribution in [0.15, 0.2) is 42.5 Å². The summed E-state index contributed by atoms with van der Waals surface area (Å²) in [6.45, 7) is 7.16. The molecule has 1 saturated carbocycles. The van der Waals surface area contributed by atoms with Crippen molar-refractivity contribution in [1.29, 1.82) is 0 Å². The summed E-state index contributed by atoms with van der Waals surface area (Å²) < 4.78 is 24.6. The van der Waals surface area contributed by atoms with E-state index in [9.17, 15) is 9.18 Å². The molecule has 2 fully saturated rings. The van der Waals surface area contributed by atoms with Gasteiger partial charge < -0.3 is 14.4 Å². The average molecular weight is 452 g/mol. The minimum absolute atomic E-state index is 0.207. The van der Waals surface area contributed by atoms with Crippen LogP contribution in [0.2, 0.25) is 10.0 Å². The molecule has 0 unspecified atom stereocenters. The number of benzene rings is 2. The molecule has 0 bridgehead atoms. The van der Waals surface area contributed by atoms with E-state index in [1.54, 1.807) is 23.1 Å². The number of piperidine rings is 1. The summed E-state index contributed by atoms with van der Waals surface area (Å²) in [6, 6.07) is 11.6. The fourth-order valence-corrected chi connectivity index (χ4v) is 4.80. The topological polar surface area (TPSA) is 38.8 Å². The zero-order chi connectivity index (χ0) is 21.7. The van der Waals surface area contributed by atoms with Crippen LogP contribution in [0.25, 0.3) is 0 Å². The maximum atomic E-state index is 13.1. The van der Waals surface area contributed by atoms with Crippen molar-refractivity contribution in [3.05, 3.63) is 63.9 Å². The van der Waals surface area contributed by atoms with Gasteiger partial charge in [0.25, 0.3) is 0 Å². The van der Waals surface area contributed by atoms with E-state index in [1.165, 1.54) is 12.1 Å². The van der Waals surface area contributed by atoms with Gasteiger partial charge >= 0.3 is 6.09 Å². The lowest BCUT2D eigenvalue weighted by Gasteiger charge is -2.28. The Kier molecular flexibility index (Phi) is 5.39. The van der Waals surface area contributed by atoms with Gasteiger partial charge in [-0.05, 0) is 68.7 Å². The van der Waals surface area contributed by atoms with Crippen molar-refractivity contribution in [3.8, 4) is 5.75 Å². The van der Waals surface area contributed by atoms with Gasteiger partial charge in [0, 0.05) is 24.4 Å². The molecule has 2 aromatic rings. The van der Waals surface area contributed by atoms with E-state index in [1.807, 2.05) is 32.9 Å². The van der Waals surface area contributed by atoms with Gasteiger partial charge in [-0.2, -0.15) is 0 Å². The van der Waals surface area contributed by atoms with Crippen molar-refractivity contribution in [3.63, 3.8) is 0 Å². The molecule has 4 nitrogen and oxygen atoms in total. The zero-order valence-corrected chi connectivity index (χ0v) is 18.6. The highest BCUT2D eigenvalue weighted by atomic mass is 35.5. The lowest BCUT2D eigenvalue weighted by atomic mass is 9.93. The molecule has 0 spiro atoms. The first-order valence-corrected chi connectivity index (χ1v) is 10.7. The molecule has 30 heavy (non-hydrogen) atoms. The lowest BCUT2D eigenvalue weighted by molar-refractivity contribution is 0.0255. The van der Waals surface area contributed by atoms with Crippen molar-refractivity contribution < 1.29 is 18.7 Å². The van der Waals surface area contributed by atoms with Crippen LogP contribution in [0.3, 0.4) is 0 Å². The first kappa shape index (κ1) is 21.3. The van der Waals surface area contributed by atoms with Gasteiger partial charge in [-0.15, -0.1) is 0 Å². The normalized spacial score (nSPS) is 25.1. The number of fused-ring (bicyclic) bond motifs is 1. The molecule has 4 rings (SSSR count). The van der Waals surface area contributed by atoms with Crippen molar-refractivity contribution in [2.24, 2.45) is 11.8 Å². The maximum absolute atomic E-state index is 13.1. The molecule has 0 radical (unpaired) electrons. The van der Waals surface area contributed by atoms with Crippen LogP contribution in [0.1, 0.15) is 26.3 Å². The first-order chi connectivity index (χ1) is 14.1. The van der Waals surface area contributed by atoms with E-state index in [2.05, 4.69) is 0 Å². The van der Waals surface area contributed by atoms with Crippen LogP contribution in [0, 0.1) is 17.7 Å². The van der Waals surface area contributed by atoms with Gasteiger partial charge in [0.1, 0.15) is 17.2 Å². The highest BCUT2D eigenvalue weighted by molar-refractivity contribution is 6.42. The van der Waals surface area contributed by atoms with Crippen molar-refractivity contribution >= 4 is 29.3 Å². The van der Waals surface area contributed by atoms with Crippen LogP contribution >= 0.6 is 23.2 Å². The molecule has 2 aromatic carbocycles. The number of carbonyl (C=O) groups is 1. The number of carbonyl (C=O) groups excluding carboxylic acids is 1. The second-order valence-electron chi connectivity index (χ2n) is 9.01. The van der Waals surface area contributed by atoms with Crippen LogP contribution < -0.4 is 4.74 Å². The summed E-state index contributed by atoms with van der Waals surface area (Å²) in [5.74, 6) is 0.752. The largest absolute Gasteiger partial charge is 0.493 e. The van der Waals surface area contributed by atoms with Gasteiger partial charge in [0.15, 0.2) is 0 Å². The van der Waals surface area contributed by atoms with Crippen LogP contribution in [-0.4, -0.2) is 36.3 Å². The highest BCUT2D eigenvalue weighted by Crippen LogP contribution is 2.64. The Balaban J connectivity index is 1.54. The van der Waals surface area contributed by atoms with Crippen molar-refractivity contribution in [1.82, 2.24) is 4.90 Å². The van der Waals surface area contributed by atoms with E-state index in [4.69, 9.17) is 32.7 Å². The number of likely N-dealkylation sites (tertiary alicyclic amines) is 1. The molecular weight excluding hydrogens is 428 g/mol. The molecular formula is C23H24Cl2FNO3. The van der Waals surface area contributed by atoms with Crippen LogP contribution in [-0.2, 0) is 10.2 Å². The lowest BCUT2D eigenvalue weighted by Crippen LogP contribution is -2.39. The average Bonchev–Trinajstić information content (AvgIpc) is 3.07. The number of halogens is 3. The van der Waals surface area contributed by atoms with Gasteiger partial charge in [0.05, 0.1) is 16.7 Å². The number of hydrogen-bond donors (Lipinski definition) is 0. The zero-order valence-electron chi connectivity index (χ0n) is 17.1. The Hall–Kier alpha value is -1.98. The van der Waals surface area contributed by atoms with Crippen LogP contribution in [0.4, 0.5) is 9.18 Å². The van der Waals surface area contributed by atoms with Gasteiger partial charge in [-0.1, -0.05) is 29.3 Å². The molecule has 1 heterocycles. The second-order valence-corrected chi connectivity index (χ2v) is 9.82. The predicted molar refractivity (Wildman–Crippen MR) is 115 cm³/mol. The Morgan fingerprint density at radius 1 is 1.17 bits per heavy atom. The Morgan fingerprint density at radius 2 is 1.87 bits per heavy atom. The summed E-state index contributed by atoms with van der Waals surface area (Å²) in [5, 5.41) is 0.984. The molecule has 3 atom stereocenters. The third-order valence-electron chi connectivity index (χ3n) is 5.92. The summed E-state index contributed by atoms with van der Waals surface area (Å²) >= 11 is 12.4. The summed E-state index contributed by atoms with van der Waals surface area (Å²) in [4.78, 5) is 14.4. The van der Waals surface area contributed by atoms with Gasteiger partial charge in [0.2, 0.25) is 0 Å². The molecule has 1 aliphatic carbocycles. The number of ether oxygens (including phenoxy) is 2. The summed E-state index contributed by atoms with van der Waals surface area (Å²) in [5.41, 5.74) is 0.234. The van der Waals surface area contributed by atoms with E-state index in [-0.39, 0.29) is 29.2 Å². The predicted octanol–water partition coefficient (Wildman–Crippen LogP) is 5.95. The standard InChI is InChI=1S/C23H24Cl2FNO3/c1-22(2,3)30-21(28)27-11-17-18(12-29-16-7-5-15(26)6-8-16)23(17,13-27)14-4-9-19(24)20(25)10-14/h4-10,17-18H,11-13H2,1-3H3/t17-,18-,23+/m0/s1. The van der Waals surface area contributed by atoms with Crippen molar-refractivity contribution in [2.45, 2.75) is 31.8 Å². The Labute approximate surface area is 185 Å². The monoisotopic (exact) mass is 451 g/mol. The Bertz CT molecular complexity index is 960. The molecule has 1 amide bonds. The molecule has 1 saturated heterocycles.